The SMILES string of the molecule is CCCOc1ccc(/C=C/C(=O)OCC(=O)Nc2ccc(SC)cc2)cc1OCC. The zero-order chi connectivity index (χ0) is 21.8. The van der Waals surface area contributed by atoms with Crippen LogP contribution in [-0.2, 0) is 14.3 Å². The molecule has 0 aliphatic carbocycles. The molecule has 6 nitrogen and oxygen atoms in total. The van der Waals surface area contributed by atoms with Crippen molar-refractivity contribution in [2.24, 2.45) is 0 Å². The molecule has 2 aromatic carbocycles. The lowest BCUT2D eigenvalue weighted by atomic mass is 10.2. The van der Waals surface area contributed by atoms with Crippen LogP contribution in [0, 0.1) is 0 Å². The van der Waals surface area contributed by atoms with Crippen LogP contribution in [0.4, 0.5) is 5.69 Å². The molecule has 0 aliphatic heterocycles. The molecule has 0 saturated carbocycles. The average Bonchev–Trinajstić information content (AvgIpc) is 2.76. The van der Waals surface area contributed by atoms with Crippen molar-refractivity contribution in [3.63, 3.8) is 0 Å². The summed E-state index contributed by atoms with van der Waals surface area (Å²) in [5.74, 6) is 0.283. The van der Waals surface area contributed by atoms with Gasteiger partial charge in [0.25, 0.3) is 5.91 Å². The number of benzene rings is 2. The maximum atomic E-state index is 11.9. The molecule has 0 radical (unpaired) electrons. The van der Waals surface area contributed by atoms with Crippen molar-refractivity contribution in [3.05, 3.63) is 54.1 Å². The highest BCUT2D eigenvalue weighted by molar-refractivity contribution is 7.98. The number of hydrogen-bond acceptors (Lipinski definition) is 6. The molecule has 0 saturated heterocycles. The number of carbonyl (C=O) groups is 2. The highest BCUT2D eigenvalue weighted by Crippen LogP contribution is 2.29. The molecule has 30 heavy (non-hydrogen) atoms. The summed E-state index contributed by atoms with van der Waals surface area (Å²) in [6, 6.07) is 12.8. The van der Waals surface area contributed by atoms with E-state index in [-0.39, 0.29) is 6.61 Å². The normalized spacial score (nSPS) is 10.6. The Hall–Kier alpha value is -2.93. The van der Waals surface area contributed by atoms with Gasteiger partial charge >= 0.3 is 5.97 Å². The second-order valence-corrected chi connectivity index (χ2v) is 7.09. The smallest absolute Gasteiger partial charge is 0.331 e. The number of thioether (sulfide) groups is 1. The molecule has 1 N–H and O–H groups in total. The van der Waals surface area contributed by atoms with E-state index < -0.39 is 11.9 Å². The Bertz CT molecular complexity index is 864. The second-order valence-electron chi connectivity index (χ2n) is 6.21. The van der Waals surface area contributed by atoms with Gasteiger partial charge in [0.2, 0.25) is 0 Å². The summed E-state index contributed by atoms with van der Waals surface area (Å²) >= 11 is 1.62. The van der Waals surface area contributed by atoms with Gasteiger partial charge in [0, 0.05) is 16.7 Å². The van der Waals surface area contributed by atoms with Gasteiger partial charge in [0.15, 0.2) is 18.1 Å². The molecule has 0 fully saturated rings. The van der Waals surface area contributed by atoms with Crippen LogP contribution >= 0.6 is 11.8 Å². The highest BCUT2D eigenvalue weighted by atomic mass is 32.2. The van der Waals surface area contributed by atoms with Crippen molar-refractivity contribution in [2.45, 2.75) is 25.2 Å². The number of amides is 1. The second kappa shape index (κ2) is 12.6. The predicted octanol–water partition coefficient (Wildman–Crippen LogP) is 4.79. The summed E-state index contributed by atoms with van der Waals surface area (Å²) in [7, 11) is 0. The lowest BCUT2D eigenvalue weighted by molar-refractivity contribution is -0.142. The predicted molar refractivity (Wildman–Crippen MR) is 120 cm³/mol. The number of ether oxygens (including phenoxy) is 3. The maximum Gasteiger partial charge on any atom is 0.331 e. The summed E-state index contributed by atoms with van der Waals surface area (Å²) in [5, 5.41) is 2.69. The molecule has 7 heteroatoms. The number of carbonyl (C=O) groups excluding carboxylic acids is 2. The lowest BCUT2D eigenvalue weighted by Crippen LogP contribution is -2.20. The Morgan fingerprint density at radius 2 is 1.80 bits per heavy atom. The summed E-state index contributed by atoms with van der Waals surface area (Å²) < 4.78 is 16.3. The van der Waals surface area contributed by atoms with Gasteiger partial charge in [-0.15, -0.1) is 11.8 Å². The van der Waals surface area contributed by atoms with Crippen molar-refractivity contribution < 1.29 is 23.8 Å². The fraction of sp³-hybridized carbons (Fsp3) is 0.304. The van der Waals surface area contributed by atoms with E-state index in [1.54, 1.807) is 42.1 Å². The van der Waals surface area contributed by atoms with E-state index in [0.717, 1.165) is 16.9 Å². The largest absolute Gasteiger partial charge is 0.490 e. The van der Waals surface area contributed by atoms with Crippen molar-refractivity contribution in [2.75, 3.05) is 31.4 Å². The van der Waals surface area contributed by atoms with E-state index in [1.807, 2.05) is 38.3 Å². The fourth-order valence-electron chi connectivity index (χ4n) is 2.45. The molecule has 2 aromatic rings. The third-order valence-corrected chi connectivity index (χ3v) is 4.60. The first kappa shape index (κ1) is 23.3. The van der Waals surface area contributed by atoms with E-state index >= 15 is 0 Å². The lowest BCUT2D eigenvalue weighted by Gasteiger charge is -2.12. The van der Waals surface area contributed by atoms with Crippen molar-refractivity contribution in [3.8, 4) is 11.5 Å². The molecule has 0 spiro atoms. The van der Waals surface area contributed by atoms with Gasteiger partial charge in [-0.25, -0.2) is 4.79 Å². The number of rotatable bonds is 11. The van der Waals surface area contributed by atoms with Crippen LogP contribution < -0.4 is 14.8 Å². The van der Waals surface area contributed by atoms with E-state index in [9.17, 15) is 9.59 Å². The minimum Gasteiger partial charge on any atom is -0.490 e. The van der Waals surface area contributed by atoms with Crippen molar-refractivity contribution >= 4 is 35.4 Å². The first-order valence-corrected chi connectivity index (χ1v) is 11.0. The Kier molecular flexibility index (Phi) is 9.80. The molecule has 0 aromatic heterocycles. The highest BCUT2D eigenvalue weighted by Gasteiger charge is 2.08. The first-order chi connectivity index (χ1) is 14.5. The standard InChI is InChI=1S/C23H27NO5S/c1-4-14-28-20-12-6-17(15-21(20)27-5-2)7-13-23(26)29-16-22(25)24-18-8-10-19(30-3)11-9-18/h6-13,15H,4-5,14,16H2,1-3H3,(H,24,25)/b13-7+. The molecular formula is C23H27NO5S. The van der Waals surface area contributed by atoms with Crippen LogP contribution in [-0.4, -0.2) is 38.0 Å². The van der Waals surface area contributed by atoms with Gasteiger partial charge in [0.1, 0.15) is 0 Å². The van der Waals surface area contributed by atoms with Crippen LogP contribution in [0.3, 0.4) is 0 Å². The topological polar surface area (TPSA) is 73.9 Å². The van der Waals surface area contributed by atoms with Crippen LogP contribution in [0.1, 0.15) is 25.8 Å². The van der Waals surface area contributed by atoms with E-state index in [1.165, 1.54) is 6.08 Å². The zero-order valence-electron chi connectivity index (χ0n) is 17.5. The quantitative estimate of drug-likeness (QED) is 0.314. The first-order valence-electron chi connectivity index (χ1n) is 9.74. The van der Waals surface area contributed by atoms with Crippen molar-refractivity contribution in [1.29, 1.82) is 0 Å². The number of esters is 1. The minimum atomic E-state index is -0.604. The van der Waals surface area contributed by atoms with E-state index in [4.69, 9.17) is 14.2 Å². The summed E-state index contributed by atoms with van der Waals surface area (Å²) in [6.45, 7) is 4.68. The number of hydrogen-bond donors (Lipinski definition) is 1. The van der Waals surface area contributed by atoms with Gasteiger partial charge < -0.3 is 19.5 Å². The summed E-state index contributed by atoms with van der Waals surface area (Å²) in [5.41, 5.74) is 1.41. The molecule has 0 unspecified atom stereocenters. The van der Waals surface area contributed by atoms with E-state index in [0.29, 0.717) is 30.4 Å². The van der Waals surface area contributed by atoms with Crippen LogP contribution in [0.25, 0.3) is 6.08 Å². The Morgan fingerprint density at radius 1 is 1.03 bits per heavy atom. The Balaban J connectivity index is 1.87. The average molecular weight is 430 g/mol. The third-order valence-electron chi connectivity index (χ3n) is 3.86. The number of anilines is 1. The monoisotopic (exact) mass is 429 g/mol. The molecule has 160 valence electrons. The molecule has 0 heterocycles. The van der Waals surface area contributed by atoms with Crippen LogP contribution in [0.5, 0.6) is 11.5 Å². The fourth-order valence-corrected chi connectivity index (χ4v) is 2.86. The molecule has 0 atom stereocenters. The van der Waals surface area contributed by atoms with Crippen molar-refractivity contribution in [1.82, 2.24) is 0 Å². The maximum absolute atomic E-state index is 11.9. The van der Waals surface area contributed by atoms with Crippen LogP contribution in [0.2, 0.25) is 0 Å². The van der Waals surface area contributed by atoms with Gasteiger partial charge in [-0.3, -0.25) is 4.79 Å². The summed E-state index contributed by atoms with van der Waals surface area (Å²) in [6.07, 6.45) is 5.76. The third kappa shape index (κ3) is 7.83. The van der Waals surface area contributed by atoms with Gasteiger partial charge in [0.05, 0.1) is 13.2 Å². The zero-order valence-corrected chi connectivity index (χ0v) is 18.3. The minimum absolute atomic E-state index is 0.360. The molecule has 0 aliphatic rings. The van der Waals surface area contributed by atoms with Crippen LogP contribution in [0.15, 0.2) is 53.4 Å². The molecule has 2 rings (SSSR count). The van der Waals surface area contributed by atoms with Gasteiger partial charge in [-0.05, 0) is 67.6 Å². The Morgan fingerprint density at radius 3 is 2.47 bits per heavy atom. The van der Waals surface area contributed by atoms with Gasteiger partial charge in [-0.2, -0.15) is 0 Å². The van der Waals surface area contributed by atoms with E-state index in [2.05, 4.69) is 5.32 Å². The van der Waals surface area contributed by atoms with Gasteiger partial charge in [-0.1, -0.05) is 13.0 Å². The molecule has 1 amide bonds. The number of nitrogens with one attached hydrogen (secondary N) is 1. The molecular weight excluding hydrogens is 402 g/mol. The summed E-state index contributed by atoms with van der Waals surface area (Å²) in [4.78, 5) is 25.0. The molecule has 0 bridgehead atoms. The Labute approximate surface area is 181 Å².